The molecule has 0 radical (unpaired) electrons. The number of hydrogen-bond donors (Lipinski definition) is 1. The molecule has 0 saturated carbocycles. The summed E-state index contributed by atoms with van der Waals surface area (Å²) in [6.07, 6.45) is 2.41. The maximum atomic E-state index is 6.67. The number of nitrogens with two attached hydrogens (primary N) is 1. The number of anilines is 1. The second-order valence-electron chi connectivity index (χ2n) is 8.08. The van der Waals surface area contributed by atoms with E-state index < -0.39 is 0 Å². The van der Waals surface area contributed by atoms with E-state index >= 15 is 0 Å². The van der Waals surface area contributed by atoms with Gasteiger partial charge in [-0.15, -0.1) is 0 Å². The molecule has 0 aliphatic heterocycles. The number of aryl methyl sites for hydroxylation is 1. The molecule has 0 unspecified atom stereocenters. The molecule has 0 fully saturated rings. The van der Waals surface area contributed by atoms with E-state index in [2.05, 4.69) is 71.0 Å². The first kappa shape index (κ1) is 15.1. The lowest BCUT2D eigenvalue weighted by atomic mass is 9.62. The second kappa shape index (κ2) is 4.87. The lowest BCUT2D eigenvalue weighted by Gasteiger charge is -2.43. The molecule has 1 heteroatoms. The van der Waals surface area contributed by atoms with Gasteiger partial charge in [0, 0.05) is 11.3 Å². The van der Waals surface area contributed by atoms with E-state index in [4.69, 9.17) is 5.73 Å². The zero-order chi connectivity index (χ0) is 16.1. The van der Waals surface area contributed by atoms with Crippen molar-refractivity contribution in [2.75, 3.05) is 5.73 Å². The Balaban J connectivity index is 2.23. The first-order valence-corrected chi connectivity index (χ1v) is 8.23. The van der Waals surface area contributed by atoms with Crippen LogP contribution in [0.3, 0.4) is 0 Å². The van der Waals surface area contributed by atoms with E-state index in [1.54, 1.807) is 0 Å². The van der Waals surface area contributed by atoms with Gasteiger partial charge in [0.1, 0.15) is 0 Å². The highest BCUT2D eigenvalue weighted by atomic mass is 14.6. The molecule has 2 aromatic rings. The van der Waals surface area contributed by atoms with Crippen LogP contribution >= 0.6 is 0 Å². The molecule has 2 N–H and O–H groups in total. The van der Waals surface area contributed by atoms with Crippen molar-refractivity contribution in [3.05, 3.63) is 53.1 Å². The molecule has 3 rings (SSSR count). The van der Waals surface area contributed by atoms with Crippen molar-refractivity contribution in [3.8, 4) is 11.1 Å². The van der Waals surface area contributed by atoms with Gasteiger partial charge in [-0.2, -0.15) is 0 Å². The molecule has 0 atom stereocenters. The molecule has 0 bridgehead atoms. The smallest absolute Gasteiger partial charge is 0.0434 e. The fourth-order valence-corrected chi connectivity index (χ4v) is 3.78. The number of fused-ring (bicyclic) bond motifs is 1. The van der Waals surface area contributed by atoms with Crippen LogP contribution in [-0.4, -0.2) is 0 Å². The monoisotopic (exact) mass is 293 g/mol. The predicted octanol–water partition coefficient (Wildman–Crippen LogP) is 5.59. The van der Waals surface area contributed by atoms with Crippen LogP contribution in [0.4, 0.5) is 5.69 Å². The Hall–Kier alpha value is -1.76. The van der Waals surface area contributed by atoms with Crippen molar-refractivity contribution >= 4 is 5.69 Å². The van der Waals surface area contributed by atoms with Crippen LogP contribution in [-0.2, 0) is 10.8 Å². The van der Waals surface area contributed by atoms with Gasteiger partial charge in [0.05, 0.1) is 0 Å². The van der Waals surface area contributed by atoms with Crippen LogP contribution in [0.1, 0.15) is 57.2 Å². The van der Waals surface area contributed by atoms with Gasteiger partial charge in [0.15, 0.2) is 0 Å². The molecular weight excluding hydrogens is 266 g/mol. The minimum atomic E-state index is 0.148. The van der Waals surface area contributed by atoms with E-state index in [1.165, 1.54) is 40.7 Å². The first-order valence-electron chi connectivity index (χ1n) is 8.23. The van der Waals surface area contributed by atoms with Gasteiger partial charge in [0.2, 0.25) is 0 Å². The minimum Gasteiger partial charge on any atom is -0.398 e. The fraction of sp³-hybridized carbons (Fsp3) is 0.429. The lowest BCUT2D eigenvalue weighted by Crippen LogP contribution is -2.34. The van der Waals surface area contributed by atoms with Gasteiger partial charge in [-0.3, -0.25) is 0 Å². The summed E-state index contributed by atoms with van der Waals surface area (Å²) in [5.41, 5.74) is 14.5. The molecule has 1 aliphatic rings. The van der Waals surface area contributed by atoms with Crippen molar-refractivity contribution in [3.63, 3.8) is 0 Å². The SMILES string of the molecule is Cc1ccc(-c2ccc3c(c2N)C(C)(C)CCC3(C)C)cc1. The molecular formula is C21H27N. The topological polar surface area (TPSA) is 26.0 Å². The summed E-state index contributed by atoms with van der Waals surface area (Å²) in [5.74, 6) is 0. The van der Waals surface area contributed by atoms with Crippen LogP contribution in [0.25, 0.3) is 11.1 Å². The van der Waals surface area contributed by atoms with Gasteiger partial charge in [-0.05, 0) is 47.3 Å². The largest absolute Gasteiger partial charge is 0.398 e. The van der Waals surface area contributed by atoms with Gasteiger partial charge in [0.25, 0.3) is 0 Å². The molecule has 0 aromatic heterocycles. The van der Waals surface area contributed by atoms with Crippen LogP contribution in [0.15, 0.2) is 36.4 Å². The Bertz CT molecular complexity index is 705. The van der Waals surface area contributed by atoms with Gasteiger partial charge in [-0.1, -0.05) is 69.7 Å². The number of rotatable bonds is 1. The summed E-state index contributed by atoms with van der Waals surface area (Å²) in [6, 6.07) is 13.2. The highest BCUT2D eigenvalue weighted by molar-refractivity contribution is 5.81. The summed E-state index contributed by atoms with van der Waals surface area (Å²) in [5, 5.41) is 0. The van der Waals surface area contributed by atoms with Crippen molar-refractivity contribution < 1.29 is 0 Å². The third-order valence-corrected chi connectivity index (χ3v) is 5.39. The standard InChI is InChI=1S/C21H27N/c1-14-6-8-15(9-7-14)16-10-11-17-18(19(16)22)21(4,5)13-12-20(17,2)3/h6-11H,12-13,22H2,1-5H3. The zero-order valence-corrected chi connectivity index (χ0v) is 14.5. The maximum Gasteiger partial charge on any atom is 0.0434 e. The average molecular weight is 293 g/mol. The van der Waals surface area contributed by atoms with Crippen molar-refractivity contribution in [2.24, 2.45) is 0 Å². The summed E-state index contributed by atoms with van der Waals surface area (Å²) in [4.78, 5) is 0. The number of hydrogen-bond acceptors (Lipinski definition) is 1. The Kier molecular flexibility index (Phi) is 3.36. The zero-order valence-electron chi connectivity index (χ0n) is 14.5. The van der Waals surface area contributed by atoms with E-state index in [-0.39, 0.29) is 10.8 Å². The van der Waals surface area contributed by atoms with E-state index in [9.17, 15) is 0 Å². The van der Waals surface area contributed by atoms with Crippen LogP contribution < -0.4 is 5.73 Å². The van der Waals surface area contributed by atoms with Crippen molar-refractivity contribution in [1.82, 2.24) is 0 Å². The molecule has 0 saturated heterocycles. The molecule has 116 valence electrons. The summed E-state index contributed by atoms with van der Waals surface area (Å²) in [6.45, 7) is 11.5. The Morgan fingerprint density at radius 2 is 1.41 bits per heavy atom. The first-order chi connectivity index (χ1) is 10.2. The number of nitrogen functional groups attached to an aromatic ring is 1. The van der Waals surface area contributed by atoms with E-state index in [0.29, 0.717) is 0 Å². The number of benzene rings is 2. The summed E-state index contributed by atoms with van der Waals surface area (Å²) < 4.78 is 0. The third kappa shape index (κ3) is 2.33. The molecule has 1 nitrogen and oxygen atoms in total. The van der Waals surface area contributed by atoms with Crippen molar-refractivity contribution in [1.29, 1.82) is 0 Å². The van der Waals surface area contributed by atoms with Crippen LogP contribution in [0.5, 0.6) is 0 Å². The molecule has 22 heavy (non-hydrogen) atoms. The second-order valence-corrected chi connectivity index (χ2v) is 8.08. The molecule has 0 heterocycles. The van der Waals surface area contributed by atoms with Crippen LogP contribution in [0, 0.1) is 6.92 Å². The maximum absolute atomic E-state index is 6.67. The Labute approximate surface area is 134 Å². The highest BCUT2D eigenvalue weighted by Crippen LogP contribution is 2.50. The van der Waals surface area contributed by atoms with Crippen LogP contribution in [0.2, 0.25) is 0 Å². The summed E-state index contributed by atoms with van der Waals surface area (Å²) in [7, 11) is 0. The lowest BCUT2D eigenvalue weighted by molar-refractivity contribution is 0.333. The fourth-order valence-electron chi connectivity index (χ4n) is 3.78. The Morgan fingerprint density at radius 3 is 2.05 bits per heavy atom. The third-order valence-electron chi connectivity index (χ3n) is 5.39. The van der Waals surface area contributed by atoms with Gasteiger partial charge >= 0.3 is 0 Å². The van der Waals surface area contributed by atoms with Gasteiger partial charge in [-0.25, -0.2) is 0 Å². The van der Waals surface area contributed by atoms with E-state index in [1.807, 2.05) is 0 Å². The van der Waals surface area contributed by atoms with E-state index in [0.717, 1.165) is 5.69 Å². The predicted molar refractivity (Wildman–Crippen MR) is 96.3 cm³/mol. The molecule has 0 spiro atoms. The molecule has 1 aliphatic carbocycles. The molecule has 0 amide bonds. The van der Waals surface area contributed by atoms with Gasteiger partial charge < -0.3 is 5.73 Å². The quantitative estimate of drug-likeness (QED) is 0.681. The normalized spacial score (nSPS) is 18.8. The minimum absolute atomic E-state index is 0.148. The molecule has 2 aromatic carbocycles. The highest BCUT2D eigenvalue weighted by Gasteiger charge is 2.38. The van der Waals surface area contributed by atoms with Crippen molar-refractivity contribution in [2.45, 2.75) is 58.3 Å². The Morgan fingerprint density at radius 1 is 0.818 bits per heavy atom. The average Bonchev–Trinajstić information content (AvgIpc) is 2.45. The summed E-state index contributed by atoms with van der Waals surface area (Å²) >= 11 is 0.